The zero-order valence-corrected chi connectivity index (χ0v) is 21.1. The average molecular weight is 517 g/mol. The third-order valence-corrected chi connectivity index (χ3v) is 8.23. The molecule has 2 aliphatic heterocycles. The van der Waals surface area contributed by atoms with Gasteiger partial charge in [0, 0.05) is 36.7 Å². The minimum absolute atomic E-state index is 0.0238. The maximum Gasteiger partial charge on any atom is 0.146 e. The number of hydrogen-bond acceptors (Lipinski definition) is 8. The highest BCUT2D eigenvalue weighted by molar-refractivity contribution is 6.35. The molecule has 10 heteroatoms. The van der Waals surface area contributed by atoms with Gasteiger partial charge in [-0.15, -0.1) is 0 Å². The Morgan fingerprint density at radius 1 is 1.23 bits per heavy atom. The van der Waals surface area contributed by atoms with Gasteiger partial charge in [0.2, 0.25) is 0 Å². The molecule has 6 atom stereocenters. The van der Waals surface area contributed by atoms with Crippen LogP contribution in [0.3, 0.4) is 0 Å². The molecule has 1 aliphatic carbocycles. The molecule has 0 spiro atoms. The summed E-state index contributed by atoms with van der Waals surface area (Å²) < 4.78 is 6.44. The lowest BCUT2D eigenvalue weighted by molar-refractivity contribution is -0.0370. The van der Waals surface area contributed by atoms with Gasteiger partial charge in [-0.2, -0.15) is 5.26 Å². The number of pyridine rings is 2. The van der Waals surface area contributed by atoms with E-state index in [1.54, 1.807) is 12.4 Å². The van der Waals surface area contributed by atoms with Crippen molar-refractivity contribution in [1.29, 1.82) is 5.26 Å². The predicted octanol–water partition coefficient (Wildman–Crippen LogP) is 4.08. The number of rotatable bonds is 6. The summed E-state index contributed by atoms with van der Waals surface area (Å²) in [5, 5.41) is 20.6. The number of nitriles is 1. The van der Waals surface area contributed by atoms with Crippen molar-refractivity contribution >= 4 is 29.0 Å². The molecule has 0 bridgehead atoms. The van der Waals surface area contributed by atoms with Crippen molar-refractivity contribution in [2.24, 2.45) is 5.92 Å². The molecular formula is C25H30Cl2N6O2. The van der Waals surface area contributed by atoms with Gasteiger partial charge in [-0.3, -0.25) is 10.4 Å². The number of aliphatic hydroxyl groups is 1. The summed E-state index contributed by atoms with van der Waals surface area (Å²) in [5.74, 6) is 0.959. The van der Waals surface area contributed by atoms with Crippen LogP contribution in [-0.2, 0) is 4.74 Å². The lowest BCUT2D eigenvalue weighted by Crippen LogP contribution is -2.37. The smallest absolute Gasteiger partial charge is 0.146 e. The summed E-state index contributed by atoms with van der Waals surface area (Å²) in [6, 6.07) is 4.65. The molecular weight excluding hydrogens is 487 g/mol. The molecule has 5 rings (SSSR count). The van der Waals surface area contributed by atoms with Crippen LogP contribution in [0.1, 0.15) is 67.9 Å². The molecule has 186 valence electrons. The van der Waals surface area contributed by atoms with Gasteiger partial charge in [0.1, 0.15) is 11.9 Å². The molecule has 0 radical (unpaired) electrons. The third-order valence-electron chi connectivity index (χ3n) is 7.62. The number of ether oxygens (including phenoxy) is 1. The van der Waals surface area contributed by atoms with E-state index in [0.29, 0.717) is 33.4 Å². The zero-order chi connectivity index (χ0) is 24.5. The van der Waals surface area contributed by atoms with Crippen molar-refractivity contribution in [1.82, 2.24) is 20.8 Å². The molecule has 2 aromatic heterocycles. The van der Waals surface area contributed by atoms with Crippen LogP contribution in [0.5, 0.6) is 0 Å². The number of halogens is 2. The summed E-state index contributed by atoms with van der Waals surface area (Å²) in [6.45, 7) is 2.85. The third kappa shape index (κ3) is 4.86. The molecule has 1 saturated carbocycles. The second-order valence-electron chi connectivity index (χ2n) is 9.69. The maximum absolute atomic E-state index is 9.87. The predicted molar refractivity (Wildman–Crippen MR) is 134 cm³/mol. The van der Waals surface area contributed by atoms with Crippen LogP contribution >= 0.6 is 23.2 Å². The van der Waals surface area contributed by atoms with E-state index in [-0.39, 0.29) is 30.9 Å². The van der Waals surface area contributed by atoms with E-state index in [0.717, 1.165) is 49.8 Å². The van der Waals surface area contributed by atoms with Crippen LogP contribution < -0.4 is 15.8 Å². The summed E-state index contributed by atoms with van der Waals surface area (Å²) in [5.41, 5.74) is 9.19. The number of hydrazine groups is 1. The van der Waals surface area contributed by atoms with E-state index >= 15 is 0 Å². The fourth-order valence-electron chi connectivity index (χ4n) is 5.90. The molecule has 4 unspecified atom stereocenters. The standard InChI is InChI=1S/C25H30Cl2N6O2/c1-14(23-20(26)11-29-12-21(23)27)35-18-4-5-22-19(8-18)24(32-31-22)16-7-15(9-28)25(30-10-16)33-6-2-3-17(33)13-34/h7,10-12,14,17-19,22,24,31-32,34H,2-6,8,13H2,1H3/t14-,17-,18?,19?,22?,24?/m1/s1. The molecule has 2 aromatic rings. The maximum atomic E-state index is 9.87. The van der Waals surface area contributed by atoms with E-state index in [4.69, 9.17) is 32.9 Å². The quantitative estimate of drug-likeness (QED) is 0.527. The molecule has 0 amide bonds. The normalized spacial score (nSPS) is 29.1. The van der Waals surface area contributed by atoms with Crippen molar-refractivity contribution in [3.05, 3.63) is 51.4 Å². The van der Waals surface area contributed by atoms with E-state index in [9.17, 15) is 10.4 Å². The number of nitrogens with zero attached hydrogens (tertiary/aromatic N) is 4. The highest BCUT2D eigenvalue weighted by Gasteiger charge is 2.42. The summed E-state index contributed by atoms with van der Waals surface area (Å²) in [6.07, 6.45) is 9.56. The Bertz CT molecular complexity index is 1090. The molecule has 0 aromatic carbocycles. The highest BCUT2D eigenvalue weighted by Crippen LogP contribution is 2.42. The van der Waals surface area contributed by atoms with Crippen molar-refractivity contribution in [2.75, 3.05) is 18.1 Å². The Morgan fingerprint density at radius 3 is 2.77 bits per heavy atom. The Hall–Kier alpha value is -1.99. The van der Waals surface area contributed by atoms with Gasteiger partial charge in [-0.05, 0) is 56.6 Å². The Kier molecular flexibility index (Phi) is 7.44. The number of nitrogens with one attached hydrogen (secondary N) is 2. The van der Waals surface area contributed by atoms with Crippen molar-refractivity contribution in [2.45, 2.75) is 69.4 Å². The van der Waals surface area contributed by atoms with E-state index in [2.05, 4.69) is 26.8 Å². The van der Waals surface area contributed by atoms with Gasteiger partial charge >= 0.3 is 0 Å². The Labute approximate surface area is 215 Å². The summed E-state index contributed by atoms with van der Waals surface area (Å²) in [4.78, 5) is 10.8. The highest BCUT2D eigenvalue weighted by atomic mass is 35.5. The SMILES string of the molecule is C[C@@H](OC1CCC2NNC(c3cnc(N4CCC[C@@H]4CO)c(C#N)c3)C2C1)c1c(Cl)cncc1Cl. The van der Waals surface area contributed by atoms with Crippen molar-refractivity contribution in [3.8, 4) is 6.07 Å². The fraction of sp³-hybridized carbons (Fsp3) is 0.560. The Morgan fingerprint density at radius 2 is 2.03 bits per heavy atom. The first-order valence-corrected chi connectivity index (χ1v) is 13.0. The average Bonchev–Trinajstić information content (AvgIpc) is 3.50. The molecule has 3 fully saturated rings. The first kappa shape index (κ1) is 24.7. The molecule has 2 saturated heterocycles. The van der Waals surface area contributed by atoms with Crippen LogP contribution in [0.4, 0.5) is 5.82 Å². The first-order chi connectivity index (χ1) is 17.0. The second kappa shape index (κ2) is 10.6. The van der Waals surface area contributed by atoms with E-state index in [1.165, 1.54) is 0 Å². The number of aromatic nitrogens is 2. The van der Waals surface area contributed by atoms with Crippen LogP contribution in [0.15, 0.2) is 24.7 Å². The molecule has 4 heterocycles. The van der Waals surface area contributed by atoms with Gasteiger partial charge < -0.3 is 14.7 Å². The monoisotopic (exact) mass is 516 g/mol. The molecule has 35 heavy (non-hydrogen) atoms. The number of anilines is 1. The lowest BCUT2D eigenvalue weighted by Gasteiger charge is -2.35. The molecule has 8 nitrogen and oxygen atoms in total. The lowest BCUT2D eigenvalue weighted by atomic mass is 9.78. The van der Waals surface area contributed by atoms with Gasteiger partial charge in [0.05, 0.1) is 46.5 Å². The van der Waals surface area contributed by atoms with Gasteiger partial charge in [-0.1, -0.05) is 23.2 Å². The molecule has 3 N–H and O–H groups in total. The summed E-state index contributed by atoms with van der Waals surface area (Å²) in [7, 11) is 0. The van der Waals surface area contributed by atoms with Gasteiger partial charge in [0.25, 0.3) is 0 Å². The minimum atomic E-state index is -0.244. The van der Waals surface area contributed by atoms with Crippen LogP contribution in [0.2, 0.25) is 10.0 Å². The van der Waals surface area contributed by atoms with Crippen molar-refractivity contribution < 1.29 is 9.84 Å². The first-order valence-electron chi connectivity index (χ1n) is 12.2. The van der Waals surface area contributed by atoms with Crippen LogP contribution in [-0.4, -0.2) is 46.4 Å². The second-order valence-corrected chi connectivity index (χ2v) is 10.5. The number of aliphatic hydroxyl groups excluding tert-OH is 1. The largest absolute Gasteiger partial charge is 0.394 e. The zero-order valence-electron chi connectivity index (χ0n) is 19.6. The van der Waals surface area contributed by atoms with E-state index < -0.39 is 0 Å². The molecule has 3 aliphatic rings. The topological polar surface area (TPSA) is 106 Å². The fourth-order valence-corrected chi connectivity index (χ4v) is 6.57. The van der Waals surface area contributed by atoms with Crippen molar-refractivity contribution in [3.63, 3.8) is 0 Å². The Balaban J connectivity index is 1.32. The minimum Gasteiger partial charge on any atom is -0.394 e. The van der Waals surface area contributed by atoms with Gasteiger partial charge in [-0.25, -0.2) is 10.4 Å². The van der Waals surface area contributed by atoms with E-state index in [1.807, 2.05) is 19.2 Å². The van der Waals surface area contributed by atoms with Crippen LogP contribution in [0, 0.1) is 17.2 Å². The summed E-state index contributed by atoms with van der Waals surface area (Å²) >= 11 is 12.7. The number of hydrogen-bond donors (Lipinski definition) is 3. The number of fused-ring (bicyclic) bond motifs is 1. The van der Waals surface area contributed by atoms with Crippen LogP contribution in [0.25, 0.3) is 0 Å². The van der Waals surface area contributed by atoms with Gasteiger partial charge in [0.15, 0.2) is 0 Å².